The standard InChI is InChI=1S/Al.Li.H3O4P.H2O.2O.Ti/c;;1-5(2,3)4;;;;/h;;(H3,1,2,3,4);1H2;;;/q+3;+1;;;;-1;+1/p-4. The fourth-order valence-electron chi connectivity index (χ4n) is 0. The van der Waals surface area contributed by atoms with Crippen LogP contribution in [0.3, 0.4) is 0 Å². The summed E-state index contributed by atoms with van der Waals surface area (Å²) in [5, 5.41) is 0. The van der Waals surface area contributed by atoms with E-state index in [-0.39, 0.29) is 36.2 Å². The summed E-state index contributed by atoms with van der Waals surface area (Å²) in [6, 6.07) is 0. The van der Waals surface area contributed by atoms with Crippen molar-refractivity contribution in [3.63, 3.8) is 0 Å². The fraction of sp³-hybridized carbons (Fsp3) is 0. The van der Waals surface area contributed by atoms with Gasteiger partial charge in [-0.05, 0) is 0 Å². The van der Waals surface area contributed by atoms with Gasteiger partial charge < -0.3 is 19.2 Å². The van der Waals surface area contributed by atoms with Crippen LogP contribution in [-0.2, 0) is 26.5 Å². The summed E-state index contributed by atoms with van der Waals surface area (Å²) in [6.07, 6.45) is 0. The Hall–Kier alpha value is 1.67. The first kappa shape index (κ1) is 23.0. The van der Waals surface area contributed by atoms with E-state index >= 15 is 0 Å². The van der Waals surface area contributed by atoms with Gasteiger partial charge in [0.1, 0.15) is 0 Å². The molecule has 0 aliphatic heterocycles. The van der Waals surface area contributed by atoms with Crippen molar-refractivity contribution in [2.24, 2.45) is 0 Å². The molecule has 0 aromatic rings. The first-order chi connectivity index (χ1) is 3.73. The SMILES string of the molecule is O=P([O-])([O-])[O-].[Al+3].[Li+].[O]=[Ti]([O-])[OH]. The van der Waals surface area contributed by atoms with Crippen molar-refractivity contribution in [3.8, 4) is 0 Å². The van der Waals surface area contributed by atoms with Crippen LogP contribution in [0, 0.1) is 0 Å². The zero-order chi connectivity index (χ0) is 8.08. The molecule has 0 aromatic heterocycles. The van der Waals surface area contributed by atoms with Gasteiger partial charge in [0.15, 0.2) is 0 Å². The third kappa shape index (κ3) is 390. The van der Waals surface area contributed by atoms with Gasteiger partial charge >= 0.3 is 65.5 Å². The molecule has 0 heterocycles. The number of rotatable bonds is 0. The van der Waals surface area contributed by atoms with Crippen LogP contribution < -0.4 is 37.2 Å². The van der Waals surface area contributed by atoms with Gasteiger partial charge in [0, 0.05) is 0 Å². The predicted octanol–water partition coefficient (Wildman–Crippen LogP) is -8.07. The maximum absolute atomic E-state index is 8.69. The van der Waals surface area contributed by atoms with Crippen LogP contribution in [0.2, 0.25) is 0 Å². The van der Waals surface area contributed by atoms with Gasteiger partial charge in [0.25, 0.3) is 0 Å². The Bertz CT molecular complexity index is 118. The van der Waals surface area contributed by atoms with E-state index in [1.165, 1.54) is 0 Å². The molecule has 0 aliphatic carbocycles. The Morgan fingerprint density at radius 2 is 1.27 bits per heavy atom. The summed E-state index contributed by atoms with van der Waals surface area (Å²) in [6.45, 7) is 0. The van der Waals surface area contributed by atoms with Crippen LogP contribution in [0.1, 0.15) is 0 Å². The van der Waals surface area contributed by atoms with E-state index in [1.807, 2.05) is 0 Å². The molecular formula is HAlLiO7PTi. The van der Waals surface area contributed by atoms with Crippen LogP contribution in [0.25, 0.3) is 0 Å². The zero-order valence-electron chi connectivity index (χ0n) is 5.42. The Balaban J connectivity index is -0.0000000383. The third-order valence-electron chi connectivity index (χ3n) is 0. The molecule has 0 spiro atoms. The van der Waals surface area contributed by atoms with Crippen molar-refractivity contribution in [2.45, 2.75) is 0 Å². The van der Waals surface area contributed by atoms with E-state index in [0.717, 1.165) is 0 Å². The van der Waals surface area contributed by atoms with Gasteiger partial charge in [-0.2, -0.15) is 7.82 Å². The van der Waals surface area contributed by atoms with E-state index in [2.05, 4.69) is 0 Å². The van der Waals surface area contributed by atoms with Gasteiger partial charge in [-0.1, -0.05) is 0 Å². The summed E-state index contributed by atoms with van der Waals surface area (Å²) < 4.78 is 33.0. The first-order valence-electron chi connectivity index (χ1n) is 1.36. The second kappa shape index (κ2) is 11.7. The second-order valence-electron chi connectivity index (χ2n) is 0.713. The minimum atomic E-state index is -5.39. The van der Waals surface area contributed by atoms with E-state index < -0.39 is 26.4 Å². The molecule has 0 unspecified atom stereocenters. The Morgan fingerprint density at radius 1 is 1.27 bits per heavy atom. The summed E-state index contributed by atoms with van der Waals surface area (Å²) in [5.41, 5.74) is 0. The van der Waals surface area contributed by atoms with Gasteiger partial charge in [0.2, 0.25) is 0 Å². The van der Waals surface area contributed by atoms with E-state index in [9.17, 15) is 0 Å². The van der Waals surface area contributed by atoms with Gasteiger partial charge in [-0.3, -0.25) is 0 Å². The average molecular weight is 226 g/mol. The molecule has 0 radical (unpaired) electrons. The first-order valence-corrected chi connectivity index (χ1v) is 4.80. The predicted molar refractivity (Wildman–Crippen MR) is 16.3 cm³/mol. The van der Waals surface area contributed by atoms with Crippen molar-refractivity contribution >= 4 is 25.2 Å². The van der Waals surface area contributed by atoms with E-state index in [4.69, 9.17) is 29.9 Å². The van der Waals surface area contributed by atoms with Crippen molar-refractivity contribution in [1.82, 2.24) is 0 Å². The third-order valence-corrected chi connectivity index (χ3v) is 0. The molecule has 0 saturated carbocycles. The van der Waals surface area contributed by atoms with Crippen LogP contribution in [-0.4, -0.2) is 21.0 Å². The fourth-order valence-corrected chi connectivity index (χ4v) is 0. The molecule has 0 aliphatic rings. The summed E-state index contributed by atoms with van der Waals surface area (Å²) in [4.78, 5) is 25.6. The molecule has 11 heteroatoms. The molecule has 0 amide bonds. The summed E-state index contributed by atoms with van der Waals surface area (Å²) in [7, 11) is -5.39. The second-order valence-corrected chi connectivity index (χ2v) is 2.44. The molecule has 11 heavy (non-hydrogen) atoms. The summed E-state index contributed by atoms with van der Waals surface area (Å²) in [5.74, 6) is 0. The van der Waals surface area contributed by atoms with Gasteiger partial charge in [-0.25, -0.2) is 0 Å². The normalized spacial score (nSPS) is 7.73. The average Bonchev–Trinajstić information content (AvgIpc) is 1.19. The molecule has 1 N–H and O–H groups in total. The molecule has 0 bridgehead atoms. The Kier molecular flexibility index (Phi) is 24.4. The molecule has 0 aromatic carbocycles. The molecule has 0 atom stereocenters. The van der Waals surface area contributed by atoms with E-state index in [0.29, 0.717) is 0 Å². The van der Waals surface area contributed by atoms with Crippen LogP contribution in [0.5, 0.6) is 0 Å². The quantitative estimate of drug-likeness (QED) is 0.318. The molecule has 56 valence electrons. The molecule has 0 fully saturated rings. The number of phosphoric acid groups is 1. The maximum atomic E-state index is 8.69. The zero-order valence-corrected chi connectivity index (χ0v) is 9.03. The summed E-state index contributed by atoms with van der Waals surface area (Å²) >= 11 is -3.83. The van der Waals surface area contributed by atoms with E-state index in [1.54, 1.807) is 0 Å². The van der Waals surface area contributed by atoms with Crippen molar-refractivity contribution in [1.29, 1.82) is 0 Å². The molecule has 0 rings (SSSR count). The topological polar surface area (TPSA) is 147 Å². The van der Waals surface area contributed by atoms with Crippen LogP contribution in [0.4, 0.5) is 0 Å². The number of hydrogen-bond donors (Lipinski definition) is 1. The number of hydrogen-bond acceptors (Lipinski definition) is 6. The Morgan fingerprint density at radius 3 is 1.27 bits per heavy atom. The van der Waals surface area contributed by atoms with Crippen molar-refractivity contribution in [3.05, 3.63) is 0 Å². The molecular weight excluding hydrogens is 225 g/mol. The van der Waals surface area contributed by atoms with Crippen molar-refractivity contribution < 1.29 is 67.4 Å². The van der Waals surface area contributed by atoms with Crippen molar-refractivity contribution in [2.75, 3.05) is 0 Å². The molecule has 0 saturated heterocycles. The van der Waals surface area contributed by atoms with Gasteiger partial charge in [0.05, 0.1) is 0 Å². The molecule has 7 nitrogen and oxygen atoms in total. The van der Waals surface area contributed by atoms with Crippen LogP contribution in [0.15, 0.2) is 0 Å². The van der Waals surface area contributed by atoms with Crippen LogP contribution >= 0.6 is 7.82 Å². The monoisotopic (exact) mass is 226 g/mol. The minimum absolute atomic E-state index is 0. The van der Waals surface area contributed by atoms with Gasteiger partial charge in [-0.15, -0.1) is 0 Å². The Labute approximate surface area is 92.1 Å².